The Bertz CT molecular complexity index is 559. The van der Waals surface area contributed by atoms with Gasteiger partial charge >= 0.3 is 5.00 Å². The lowest BCUT2D eigenvalue weighted by Crippen LogP contribution is -2.49. The van der Waals surface area contributed by atoms with Gasteiger partial charge in [0.1, 0.15) is 0 Å². The molecule has 0 radical (unpaired) electrons. The fourth-order valence-corrected chi connectivity index (χ4v) is 2.74. The van der Waals surface area contributed by atoms with Gasteiger partial charge in [-0.2, -0.15) is 0 Å². The number of nitrogens with zero attached hydrogens (tertiary/aromatic N) is 3. The molecule has 1 fully saturated rings. The molecule has 122 valence electrons. The van der Waals surface area contributed by atoms with Crippen LogP contribution in [0.5, 0.6) is 0 Å². The molecule has 10 heteroatoms. The van der Waals surface area contributed by atoms with Crippen molar-refractivity contribution >= 4 is 40.6 Å². The Kier molecular flexibility index (Phi) is 6.72. The summed E-state index contributed by atoms with van der Waals surface area (Å²) in [5, 5.41) is 15.1. The van der Waals surface area contributed by atoms with E-state index in [4.69, 9.17) is 0 Å². The monoisotopic (exact) mass is 348 g/mol. The van der Waals surface area contributed by atoms with Crippen molar-refractivity contribution in [2.24, 2.45) is 0 Å². The maximum absolute atomic E-state index is 12.1. The van der Waals surface area contributed by atoms with Crippen molar-refractivity contribution < 1.29 is 14.5 Å². The van der Waals surface area contributed by atoms with Crippen LogP contribution in [-0.2, 0) is 4.79 Å². The van der Waals surface area contributed by atoms with Gasteiger partial charge in [-0.25, -0.2) is 0 Å². The average molecular weight is 349 g/mol. The van der Waals surface area contributed by atoms with E-state index in [0.717, 1.165) is 24.4 Å². The fourth-order valence-electron chi connectivity index (χ4n) is 2.04. The summed E-state index contributed by atoms with van der Waals surface area (Å²) in [6.45, 7) is 2.73. The van der Waals surface area contributed by atoms with Gasteiger partial charge in [0, 0.05) is 44.7 Å². The first-order chi connectivity index (χ1) is 9.99. The van der Waals surface area contributed by atoms with Gasteiger partial charge in [0.2, 0.25) is 5.91 Å². The van der Waals surface area contributed by atoms with E-state index in [2.05, 4.69) is 5.32 Å². The maximum Gasteiger partial charge on any atom is 0.324 e. The van der Waals surface area contributed by atoms with E-state index in [9.17, 15) is 19.7 Å². The molecule has 0 saturated carbocycles. The normalized spacial score (nSPS) is 14.1. The van der Waals surface area contributed by atoms with Gasteiger partial charge in [0.15, 0.2) is 0 Å². The molecule has 2 heterocycles. The number of hydrogen-bond donors (Lipinski definition) is 1. The number of halogens is 1. The van der Waals surface area contributed by atoms with E-state index < -0.39 is 4.92 Å². The Morgan fingerprint density at radius 2 is 2.09 bits per heavy atom. The van der Waals surface area contributed by atoms with Gasteiger partial charge in [-0.15, -0.1) is 12.4 Å². The van der Waals surface area contributed by atoms with E-state index in [1.807, 2.05) is 0 Å². The third-order valence-corrected chi connectivity index (χ3v) is 4.08. The third-order valence-electron chi connectivity index (χ3n) is 3.20. The second-order valence-electron chi connectivity index (χ2n) is 4.72. The fraction of sp³-hybridized carbons (Fsp3) is 0.500. The van der Waals surface area contributed by atoms with Crippen molar-refractivity contribution in [2.75, 3.05) is 39.8 Å². The van der Waals surface area contributed by atoms with Gasteiger partial charge in [-0.3, -0.25) is 19.7 Å². The number of thiophene rings is 1. The quantitative estimate of drug-likeness (QED) is 0.634. The second kappa shape index (κ2) is 8.06. The summed E-state index contributed by atoms with van der Waals surface area (Å²) < 4.78 is 0. The largest absolute Gasteiger partial charge is 0.339 e. The molecule has 0 aromatic carbocycles. The molecule has 2 amide bonds. The molecule has 0 aliphatic carbocycles. The lowest BCUT2D eigenvalue weighted by molar-refractivity contribution is -0.380. The zero-order valence-electron chi connectivity index (χ0n) is 12.0. The number of carbonyl (C=O) groups is 2. The standard InChI is InChI=1S/C12H16N4O4S.ClH/c1-14(7-10(17)15-4-2-13-3-5-15)12(18)9-6-11(16(19)20)21-8-9;/h6,8,13H,2-5,7H2,1H3;1H. The molecule has 0 atom stereocenters. The Hall–Kier alpha value is -1.71. The summed E-state index contributed by atoms with van der Waals surface area (Å²) >= 11 is 0.900. The predicted octanol–water partition coefficient (Wildman–Crippen LogP) is 0.582. The first kappa shape index (κ1) is 18.3. The van der Waals surface area contributed by atoms with Crippen LogP contribution in [-0.4, -0.2) is 66.3 Å². The molecule has 0 spiro atoms. The van der Waals surface area contributed by atoms with Crippen LogP contribution in [0.4, 0.5) is 5.00 Å². The maximum atomic E-state index is 12.1. The zero-order valence-corrected chi connectivity index (χ0v) is 13.6. The molecule has 2 rings (SSSR count). The van der Waals surface area contributed by atoms with E-state index >= 15 is 0 Å². The SMILES string of the molecule is CN(CC(=O)N1CCNCC1)C(=O)c1csc([N+](=O)[O-])c1.Cl. The molecule has 1 saturated heterocycles. The second-order valence-corrected chi connectivity index (χ2v) is 5.61. The van der Waals surface area contributed by atoms with Crippen molar-refractivity contribution in [1.82, 2.24) is 15.1 Å². The smallest absolute Gasteiger partial charge is 0.324 e. The van der Waals surface area contributed by atoms with Crippen molar-refractivity contribution in [3.05, 3.63) is 27.1 Å². The summed E-state index contributed by atoms with van der Waals surface area (Å²) in [7, 11) is 1.52. The number of piperazine rings is 1. The van der Waals surface area contributed by atoms with Gasteiger partial charge in [-0.05, 0) is 0 Å². The molecule has 8 nitrogen and oxygen atoms in total. The highest BCUT2D eigenvalue weighted by Gasteiger charge is 2.22. The molecule has 1 aromatic rings. The molecule has 1 aliphatic heterocycles. The number of likely N-dealkylation sites (N-methyl/N-ethyl adjacent to an activating group) is 1. The van der Waals surface area contributed by atoms with Crippen LogP contribution in [0.15, 0.2) is 11.4 Å². The first-order valence-corrected chi connectivity index (χ1v) is 7.34. The first-order valence-electron chi connectivity index (χ1n) is 6.46. The molecule has 22 heavy (non-hydrogen) atoms. The number of nitro groups is 1. The summed E-state index contributed by atoms with van der Waals surface area (Å²) in [6.07, 6.45) is 0. The van der Waals surface area contributed by atoms with E-state index in [1.54, 1.807) is 4.90 Å². The van der Waals surface area contributed by atoms with Crippen LogP contribution in [0.3, 0.4) is 0 Å². The molecular formula is C12H17ClN4O4S. The van der Waals surface area contributed by atoms with E-state index in [1.165, 1.54) is 23.4 Å². The highest BCUT2D eigenvalue weighted by Crippen LogP contribution is 2.23. The molecule has 1 aromatic heterocycles. The Labute approximate surface area is 137 Å². The summed E-state index contributed by atoms with van der Waals surface area (Å²) in [6, 6.07) is 1.23. The van der Waals surface area contributed by atoms with Crippen LogP contribution in [0.2, 0.25) is 0 Å². The van der Waals surface area contributed by atoms with E-state index in [-0.39, 0.29) is 41.3 Å². The number of nitrogens with one attached hydrogen (secondary N) is 1. The highest BCUT2D eigenvalue weighted by molar-refractivity contribution is 7.13. The molecule has 1 aliphatic rings. The minimum atomic E-state index is -0.534. The van der Waals surface area contributed by atoms with Gasteiger partial charge in [0.25, 0.3) is 5.91 Å². The topological polar surface area (TPSA) is 95.8 Å². The van der Waals surface area contributed by atoms with Crippen molar-refractivity contribution in [3.63, 3.8) is 0 Å². The minimum Gasteiger partial charge on any atom is -0.339 e. The molecule has 1 N–H and O–H groups in total. The Morgan fingerprint density at radius 3 is 2.64 bits per heavy atom. The number of hydrogen-bond acceptors (Lipinski definition) is 6. The Morgan fingerprint density at radius 1 is 1.45 bits per heavy atom. The van der Waals surface area contributed by atoms with Crippen LogP contribution in [0.1, 0.15) is 10.4 Å². The van der Waals surface area contributed by atoms with Crippen LogP contribution in [0, 0.1) is 10.1 Å². The summed E-state index contributed by atoms with van der Waals surface area (Å²) in [5.41, 5.74) is 0.238. The van der Waals surface area contributed by atoms with Crippen LogP contribution < -0.4 is 5.32 Å². The third kappa shape index (κ3) is 4.39. The van der Waals surface area contributed by atoms with Crippen molar-refractivity contribution in [1.29, 1.82) is 0 Å². The van der Waals surface area contributed by atoms with E-state index in [0.29, 0.717) is 13.1 Å². The minimum absolute atomic E-state index is 0. The Balaban J connectivity index is 0.00000242. The van der Waals surface area contributed by atoms with Gasteiger partial charge < -0.3 is 15.1 Å². The number of carbonyl (C=O) groups excluding carboxylic acids is 2. The molecule has 0 unspecified atom stereocenters. The number of rotatable bonds is 4. The number of amides is 2. The van der Waals surface area contributed by atoms with Crippen LogP contribution in [0.25, 0.3) is 0 Å². The van der Waals surface area contributed by atoms with Gasteiger partial charge in [0.05, 0.1) is 17.0 Å². The summed E-state index contributed by atoms with van der Waals surface area (Å²) in [4.78, 5) is 37.3. The molecule has 0 bridgehead atoms. The predicted molar refractivity (Wildman–Crippen MR) is 84.6 cm³/mol. The van der Waals surface area contributed by atoms with Crippen LogP contribution >= 0.6 is 23.7 Å². The average Bonchev–Trinajstić information content (AvgIpc) is 2.97. The van der Waals surface area contributed by atoms with Crippen molar-refractivity contribution in [2.45, 2.75) is 0 Å². The van der Waals surface area contributed by atoms with Crippen molar-refractivity contribution in [3.8, 4) is 0 Å². The molecular weight excluding hydrogens is 332 g/mol. The zero-order chi connectivity index (χ0) is 15.4. The van der Waals surface area contributed by atoms with Gasteiger partial charge in [-0.1, -0.05) is 11.3 Å². The highest BCUT2D eigenvalue weighted by atomic mass is 35.5. The lowest BCUT2D eigenvalue weighted by Gasteiger charge is -2.29. The lowest BCUT2D eigenvalue weighted by atomic mass is 10.3. The summed E-state index contributed by atoms with van der Waals surface area (Å²) in [5.74, 6) is -0.500.